The third kappa shape index (κ3) is 3.55. The molecule has 1 aliphatic heterocycles. The largest absolute Gasteiger partial charge is 0.352 e. The lowest BCUT2D eigenvalue weighted by molar-refractivity contribution is 0.422. The number of hydrogen-bond acceptors (Lipinski definition) is 6. The number of nitrogens with one attached hydrogen (secondary N) is 2. The summed E-state index contributed by atoms with van der Waals surface area (Å²) in [5, 5.41) is 6.78. The number of nitrogens with two attached hydrogens (primary N) is 1. The molecule has 1 aromatic carbocycles. The summed E-state index contributed by atoms with van der Waals surface area (Å²) in [5.41, 5.74) is 8.16. The van der Waals surface area contributed by atoms with Gasteiger partial charge in [0.05, 0.1) is 0 Å². The molecule has 1 aromatic heterocycles. The minimum absolute atomic E-state index is 0.174. The van der Waals surface area contributed by atoms with Crippen molar-refractivity contribution in [3.05, 3.63) is 64.9 Å². The first-order valence-corrected chi connectivity index (χ1v) is 8.04. The first kappa shape index (κ1) is 16.4. The Bertz CT molecular complexity index is 787. The van der Waals surface area contributed by atoms with Crippen LogP contribution in [0.2, 0.25) is 5.15 Å². The summed E-state index contributed by atoms with van der Waals surface area (Å²) in [6, 6.07) is 13.4. The molecule has 1 unspecified atom stereocenters. The smallest absolute Gasteiger partial charge is 0.223 e. The van der Waals surface area contributed by atoms with Crippen molar-refractivity contribution >= 4 is 23.4 Å². The lowest BCUT2D eigenvalue weighted by Gasteiger charge is -2.32. The maximum atomic E-state index is 6.54. The summed E-state index contributed by atoms with van der Waals surface area (Å²) in [5.74, 6) is -0.0706. The van der Waals surface area contributed by atoms with Gasteiger partial charge in [0, 0.05) is 23.4 Å². The van der Waals surface area contributed by atoms with E-state index in [-0.39, 0.29) is 6.04 Å². The molecule has 7 heteroatoms. The fourth-order valence-corrected chi connectivity index (χ4v) is 2.54. The number of guanidine groups is 1. The Kier molecular flexibility index (Phi) is 4.51. The Morgan fingerprint density at radius 1 is 1.21 bits per heavy atom. The van der Waals surface area contributed by atoms with E-state index >= 15 is 0 Å². The number of aromatic nitrogens is 1. The molecule has 0 spiro atoms. The maximum absolute atomic E-state index is 6.54. The van der Waals surface area contributed by atoms with Gasteiger partial charge in [0.1, 0.15) is 11.0 Å². The van der Waals surface area contributed by atoms with E-state index in [0.717, 1.165) is 5.56 Å². The second-order valence-electron chi connectivity index (χ2n) is 5.82. The molecular formula is C17H19ClN6. The Morgan fingerprint density at radius 2 is 1.96 bits per heavy atom. The van der Waals surface area contributed by atoms with Crippen LogP contribution in [0.15, 0.2) is 58.6 Å². The summed E-state index contributed by atoms with van der Waals surface area (Å²) in [7, 11) is 0. The van der Waals surface area contributed by atoms with Crippen LogP contribution >= 0.6 is 11.6 Å². The number of hydrogen-bond donors (Lipinski definition) is 3. The highest BCUT2D eigenvalue weighted by Gasteiger charge is 2.33. The van der Waals surface area contributed by atoms with Gasteiger partial charge in [-0.2, -0.15) is 4.99 Å². The molecule has 0 amide bonds. The zero-order chi connectivity index (χ0) is 17.2. The molecule has 24 heavy (non-hydrogen) atoms. The Balaban J connectivity index is 2.05. The normalized spacial score (nSPS) is 20.2. The van der Waals surface area contributed by atoms with E-state index in [1.165, 1.54) is 0 Å². The Hall–Kier alpha value is -2.44. The molecule has 1 atom stereocenters. The van der Waals surface area contributed by atoms with Crippen LogP contribution in [0.25, 0.3) is 0 Å². The van der Waals surface area contributed by atoms with E-state index in [4.69, 9.17) is 17.3 Å². The van der Waals surface area contributed by atoms with E-state index < -0.39 is 5.79 Å². The fraction of sp³-hybridized carbons (Fsp3) is 0.235. The van der Waals surface area contributed by atoms with Gasteiger partial charge in [-0.1, -0.05) is 41.9 Å². The van der Waals surface area contributed by atoms with Crippen molar-refractivity contribution < 1.29 is 0 Å². The highest BCUT2D eigenvalue weighted by Crippen LogP contribution is 2.22. The van der Waals surface area contributed by atoms with Crippen molar-refractivity contribution in [3.63, 3.8) is 0 Å². The highest BCUT2D eigenvalue weighted by molar-refractivity contribution is 6.29. The van der Waals surface area contributed by atoms with Gasteiger partial charge < -0.3 is 10.6 Å². The van der Waals surface area contributed by atoms with Crippen molar-refractivity contribution in [1.29, 1.82) is 0 Å². The second-order valence-corrected chi connectivity index (χ2v) is 6.21. The van der Waals surface area contributed by atoms with Crippen LogP contribution in [0.3, 0.4) is 0 Å². The number of nitrogens with zero attached hydrogens (tertiary/aromatic N) is 3. The average Bonchev–Trinajstić information content (AvgIpc) is 2.54. The molecule has 2 aromatic rings. The summed E-state index contributed by atoms with van der Waals surface area (Å²) in [4.78, 5) is 13.1. The summed E-state index contributed by atoms with van der Waals surface area (Å²) >= 11 is 6.01. The zero-order valence-electron chi connectivity index (χ0n) is 13.5. The van der Waals surface area contributed by atoms with Gasteiger partial charge in [0.2, 0.25) is 11.7 Å². The maximum Gasteiger partial charge on any atom is 0.223 e. The van der Waals surface area contributed by atoms with Crippen LogP contribution in [0.5, 0.6) is 0 Å². The topological polar surface area (TPSA) is 87.7 Å². The van der Waals surface area contributed by atoms with Crippen LogP contribution in [0.1, 0.15) is 25.0 Å². The molecular weight excluding hydrogens is 324 g/mol. The van der Waals surface area contributed by atoms with Crippen molar-refractivity contribution in [2.45, 2.75) is 25.7 Å². The lowest BCUT2D eigenvalue weighted by Crippen LogP contribution is -2.56. The zero-order valence-corrected chi connectivity index (χ0v) is 14.2. The SMILES string of the molecule is CC(C)NC1=NC(N)(c2ccnc(Cl)c2)NC(c2ccccc2)=N1. The third-order valence-electron chi connectivity index (χ3n) is 3.44. The van der Waals surface area contributed by atoms with E-state index in [2.05, 4.69) is 25.6 Å². The molecule has 0 fully saturated rings. The third-order valence-corrected chi connectivity index (χ3v) is 3.65. The first-order valence-electron chi connectivity index (χ1n) is 7.66. The van der Waals surface area contributed by atoms with Gasteiger partial charge in [-0.05, 0) is 26.0 Å². The van der Waals surface area contributed by atoms with Crippen molar-refractivity contribution in [2.24, 2.45) is 15.7 Å². The van der Waals surface area contributed by atoms with Gasteiger partial charge in [-0.3, -0.25) is 5.73 Å². The lowest BCUT2D eigenvalue weighted by atomic mass is 10.1. The van der Waals surface area contributed by atoms with Crippen LogP contribution in [-0.4, -0.2) is 22.8 Å². The number of amidine groups is 1. The molecule has 3 rings (SSSR count). The Labute approximate surface area is 145 Å². The van der Waals surface area contributed by atoms with Crippen LogP contribution in [0.4, 0.5) is 0 Å². The monoisotopic (exact) mass is 342 g/mol. The quantitative estimate of drug-likeness (QED) is 0.746. The number of halogens is 1. The van der Waals surface area contributed by atoms with Crippen molar-refractivity contribution in [1.82, 2.24) is 15.6 Å². The Morgan fingerprint density at radius 3 is 2.62 bits per heavy atom. The summed E-state index contributed by atoms with van der Waals surface area (Å²) in [6.07, 6.45) is 1.60. The van der Waals surface area contributed by atoms with Crippen LogP contribution in [-0.2, 0) is 5.79 Å². The fourth-order valence-electron chi connectivity index (χ4n) is 2.37. The molecule has 2 heterocycles. The molecule has 1 aliphatic rings. The predicted octanol–water partition coefficient (Wildman–Crippen LogP) is 2.21. The van der Waals surface area contributed by atoms with E-state index in [1.54, 1.807) is 18.3 Å². The van der Waals surface area contributed by atoms with Gasteiger partial charge in [-0.15, -0.1) is 0 Å². The minimum atomic E-state index is -1.18. The van der Waals surface area contributed by atoms with Crippen LogP contribution < -0.4 is 16.4 Å². The summed E-state index contributed by atoms with van der Waals surface area (Å²) in [6.45, 7) is 4.04. The number of rotatable bonds is 3. The molecule has 124 valence electrons. The molecule has 0 bridgehead atoms. The molecule has 0 aliphatic carbocycles. The number of aliphatic imine (C=N–C) groups is 2. The van der Waals surface area contributed by atoms with Gasteiger partial charge >= 0.3 is 0 Å². The van der Waals surface area contributed by atoms with Gasteiger partial charge in [0.15, 0.2) is 0 Å². The molecule has 0 saturated heterocycles. The second kappa shape index (κ2) is 6.59. The molecule has 0 radical (unpaired) electrons. The van der Waals surface area contributed by atoms with Crippen molar-refractivity contribution in [2.75, 3.05) is 0 Å². The summed E-state index contributed by atoms with van der Waals surface area (Å²) < 4.78 is 0. The highest BCUT2D eigenvalue weighted by atomic mass is 35.5. The predicted molar refractivity (Wildman–Crippen MR) is 96.9 cm³/mol. The number of benzene rings is 1. The standard InChI is InChI=1S/C17H19ClN6/c1-11(2)21-16-22-15(12-6-4-3-5-7-12)23-17(19,24-16)13-8-9-20-14(18)10-13/h3-11H,19H2,1-2H3,(H2,21,22,23,24). The van der Waals surface area contributed by atoms with E-state index in [0.29, 0.717) is 22.5 Å². The number of pyridine rings is 1. The van der Waals surface area contributed by atoms with Gasteiger partial charge in [0.25, 0.3) is 0 Å². The molecule has 6 nitrogen and oxygen atoms in total. The molecule has 0 saturated carbocycles. The van der Waals surface area contributed by atoms with E-state index in [1.807, 2.05) is 44.2 Å². The average molecular weight is 343 g/mol. The van der Waals surface area contributed by atoms with Gasteiger partial charge in [-0.25, -0.2) is 9.98 Å². The van der Waals surface area contributed by atoms with Crippen LogP contribution in [0, 0.1) is 0 Å². The van der Waals surface area contributed by atoms with Crippen molar-refractivity contribution in [3.8, 4) is 0 Å². The minimum Gasteiger partial charge on any atom is -0.352 e. The molecule has 4 N–H and O–H groups in total. The van der Waals surface area contributed by atoms with E-state index in [9.17, 15) is 0 Å². The first-order chi connectivity index (χ1) is 11.5.